The van der Waals surface area contributed by atoms with Crippen LogP contribution in [0.5, 0.6) is 0 Å². The largest absolute Gasteiger partial charge is 0.393 e. The molecule has 0 fully saturated rings. The summed E-state index contributed by atoms with van der Waals surface area (Å²) in [4.78, 5) is 0. The van der Waals surface area contributed by atoms with Gasteiger partial charge in [0.25, 0.3) is 0 Å². The molecular formula is C14H12F2O2. The van der Waals surface area contributed by atoms with Gasteiger partial charge in [-0.1, -0.05) is 24.3 Å². The Morgan fingerprint density at radius 1 is 1.00 bits per heavy atom. The van der Waals surface area contributed by atoms with E-state index in [1.807, 2.05) is 0 Å². The van der Waals surface area contributed by atoms with Gasteiger partial charge in [0.1, 0.15) is 17.7 Å². The Bertz CT molecular complexity index is 555. The molecule has 18 heavy (non-hydrogen) atoms. The molecule has 2 aromatic carbocycles. The van der Waals surface area contributed by atoms with Gasteiger partial charge < -0.3 is 10.2 Å². The van der Waals surface area contributed by atoms with Gasteiger partial charge in [0, 0.05) is 11.6 Å². The van der Waals surface area contributed by atoms with E-state index in [2.05, 4.69) is 0 Å². The van der Waals surface area contributed by atoms with Gasteiger partial charge in [0.15, 0.2) is 0 Å². The zero-order chi connectivity index (χ0) is 13.1. The average molecular weight is 250 g/mol. The number of halogens is 2. The van der Waals surface area contributed by atoms with E-state index in [-0.39, 0.29) is 5.56 Å². The van der Waals surface area contributed by atoms with Crippen LogP contribution >= 0.6 is 0 Å². The molecule has 2 N–H and O–H groups in total. The highest BCUT2D eigenvalue weighted by Gasteiger charge is 2.15. The topological polar surface area (TPSA) is 40.5 Å². The molecule has 94 valence electrons. The quantitative estimate of drug-likeness (QED) is 0.879. The first-order valence-electron chi connectivity index (χ1n) is 5.46. The van der Waals surface area contributed by atoms with Gasteiger partial charge in [0.05, 0.1) is 6.61 Å². The van der Waals surface area contributed by atoms with Gasteiger partial charge in [-0.25, -0.2) is 8.78 Å². The van der Waals surface area contributed by atoms with Gasteiger partial charge in [-0.3, -0.25) is 0 Å². The second kappa shape index (κ2) is 5.25. The first-order valence-corrected chi connectivity index (χ1v) is 5.46. The number of hydrogen-bond donors (Lipinski definition) is 2. The van der Waals surface area contributed by atoms with E-state index in [9.17, 15) is 13.9 Å². The van der Waals surface area contributed by atoms with Crippen LogP contribution in [-0.4, -0.2) is 16.8 Å². The number of aliphatic hydroxyl groups excluding tert-OH is 2. The van der Waals surface area contributed by atoms with Crippen LogP contribution in [0.15, 0.2) is 42.5 Å². The molecular weight excluding hydrogens is 238 g/mol. The normalized spacial score (nSPS) is 12.4. The highest BCUT2D eigenvalue weighted by Crippen LogP contribution is 2.30. The fourth-order valence-electron chi connectivity index (χ4n) is 1.84. The van der Waals surface area contributed by atoms with Gasteiger partial charge >= 0.3 is 0 Å². The summed E-state index contributed by atoms with van der Waals surface area (Å²) in [5.41, 5.74) is 1.04. The van der Waals surface area contributed by atoms with Gasteiger partial charge in [-0.15, -0.1) is 0 Å². The van der Waals surface area contributed by atoms with Crippen molar-refractivity contribution in [1.82, 2.24) is 0 Å². The molecule has 0 radical (unpaired) electrons. The molecule has 2 rings (SSSR count). The first kappa shape index (κ1) is 12.7. The Labute approximate surface area is 103 Å². The Morgan fingerprint density at radius 2 is 1.72 bits per heavy atom. The molecule has 2 aromatic rings. The Hall–Kier alpha value is -1.78. The Morgan fingerprint density at radius 3 is 2.39 bits per heavy atom. The maximum absolute atomic E-state index is 13.7. The van der Waals surface area contributed by atoms with Gasteiger partial charge in [-0.05, 0) is 23.3 Å². The third kappa shape index (κ3) is 2.39. The number of aliphatic hydroxyl groups is 2. The highest BCUT2D eigenvalue weighted by atomic mass is 19.1. The third-order valence-corrected chi connectivity index (χ3v) is 2.71. The van der Waals surface area contributed by atoms with Crippen molar-refractivity contribution in [2.75, 3.05) is 6.61 Å². The van der Waals surface area contributed by atoms with E-state index in [1.165, 1.54) is 6.07 Å². The lowest BCUT2D eigenvalue weighted by Gasteiger charge is -2.14. The molecule has 0 spiro atoms. The molecule has 0 unspecified atom stereocenters. The minimum atomic E-state index is -1.09. The molecule has 0 aliphatic rings. The predicted octanol–water partition coefficient (Wildman–Crippen LogP) is 2.66. The minimum absolute atomic E-state index is 0.194. The summed E-state index contributed by atoms with van der Waals surface area (Å²) in [5, 5.41) is 18.6. The van der Waals surface area contributed by atoms with E-state index < -0.39 is 24.3 Å². The fraction of sp³-hybridized carbons (Fsp3) is 0.143. The molecule has 1 atom stereocenters. The van der Waals surface area contributed by atoms with Gasteiger partial charge in [-0.2, -0.15) is 0 Å². The van der Waals surface area contributed by atoms with Crippen molar-refractivity contribution >= 4 is 0 Å². The van der Waals surface area contributed by atoms with Crippen LogP contribution in [0.2, 0.25) is 0 Å². The third-order valence-electron chi connectivity index (χ3n) is 2.71. The van der Waals surface area contributed by atoms with Crippen LogP contribution in [0.25, 0.3) is 11.1 Å². The van der Waals surface area contributed by atoms with E-state index in [0.29, 0.717) is 11.1 Å². The van der Waals surface area contributed by atoms with Crippen molar-refractivity contribution in [3.05, 3.63) is 59.7 Å². The predicted molar refractivity (Wildman–Crippen MR) is 63.8 cm³/mol. The van der Waals surface area contributed by atoms with E-state index in [1.54, 1.807) is 24.3 Å². The fourth-order valence-corrected chi connectivity index (χ4v) is 1.84. The van der Waals surface area contributed by atoms with Crippen LogP contribution in [0.3, 0.4) is 0 Å². The van der Waals surface area contributed by atoms with Crippen molar-refractivity contribution in [3.63, 3.8) is 0 Å². The standard InChI is InChI=1S/C14H12F2O2/c15-9-5-6-11(13(16)7-9)10-3-1-2-4-12(10)14(18)8-17/h1-7,14,17-18H,8H2/t14-/m0/s1. The Balaban J connectivity index is 2.56. The van der Waals surface area contributed by atoms with Crippen molar-refractivity contribution < 1.29 is 19.0 Å². The van der Waals surface area contributed by atoms with Crippen LogP contribution in [0.1, 0.15) is 11.7 Å². The molecule has 0 aliphatic heterocycles. The first-order chi connectivity index (χ1) is 8.63. The molecule has 0 heterocycles. The van der Waals surface area contributed by atoms with Gasteiger partial charge in [0.2, 0.25) is 0 Å². The van der Waals surface area contributed by atoms with Crippen molar-refractivity contribution in [2.24, 2.45) is 0 Å². The molecule has 0 bridgehead atoms. The van der Waals surface area contributed by atoms with Crippen LogP contribution in [0, 0.1) is 11.6 Å². The Kier molecular flexibility index (Phi) is 3.69. The number of benzene rings is 2. The smallest absolute Gasteiger partial charge is 0.133 e. The maximum atomic E-state index is 13.7. The minimum Gasteiger partial charge on any atom is -0.393 e. The monoisotopic (exact) mass is 250 g/mol. The average Bonchev–Trinajstić information content (AvgIpc) is 2.38. The zero-order valence-electron chi connectivity index (χ0n) is 9.48. The van der Waals surface area contributed by atoms with E-state index in [4.69, 9.17) is 5.11 Å². The number of hydrogen-bond acceptors (Lipinski definition) is 2. The van der Waals surface area contributed by atoms with Crippen molar-refractivity contribution in [3.8, 4) is 11.1 Å². The van der Waals surface area contributed by atoms with E-state index in [0.717, 1.165) is 12.1 Å². The molecule has 0 saturated heterocycles. The summed E-state index contributed by atoms with van der Waals surface area (Å²) < 4.78 is 26.6. The molecule has 0 aliphatic carbocycles. The van der Waals surface area contributed by atoms with Crippen LogP contribution in [-0.2, 0) is 0 Å². The summed E-state index contributed by atoms with van der Waals surface area (Å²) in [6.07, 6.45) is -1.09. The van der Waals surface area contributed by atoms with Crippen molar-refractivity contribution in [2.45, 2.75) is 6.10 Å². The molecule has 0 amide bonds. The SMILES string of the molecule is OC[C@H](O)c1ccccc1-c1ccc(F)cc1F. The zero-order valence-corrected chi connectivity index (χ0v) is 9.48. The summed E-state index contributed by atoms with van der Waals surface area (Å²) in [6.45, 7) is -0.459. The lowest BCUT2D eigenvalue weighted by atomic mass is 9.96. The molecule has 0 aromatic heterocycles. The lowest BCUT2D eigenvalue weighted by Crippen LogP contribution is -2.04. The highest BCUT2D eigenvalue weighted by molar-refractivity contribution is 5.68. The maximum Gasteiger partial charge on any atom is 0.133 e. The summed E-state index contributed by atoms with van der Waals surface area (Å²) in [6, 6.07) is 9.83. The number of rotatable bonds is 3. The second-order valence-corrected chi connectivity index (χ2v) is 3.91. The lowest BCUT2D eigenvalue weighted by molar-refractivity contribution is 0.0960. The van der Waals surface area contributed by atoms with Crippen LogP contribution in [0.4, 0.5) is 8.78 Å². The molecule has 0 saturated carbocycles. The molecule has 4 heteroatoms. The van der Waals surface area contributed by atoms with Crippen molar-refractivity contribution in [1.29, 1.82) is 0 Å². The van der Waals surface area contributed by atoms with E-state index >= 15 is 0 Å². The summed E-state index contributed by atoms with van der Waals surface area (Å²) in [7, 11) is 0. The van der Waals surface area contributed by atoms with Crippen LogP contribution < -0.4 is 0 Å². The summed E-state index contributed by atoms with van der Waals surface area (Å²) in [5.74, 6) is -1.36. The molecule has 2 nitrogen and oxygen atoms in total. The second-order valence-electron chi connectivity index (χ2n) is 3.91. The summed E-state index contributed by atoms with van der Waals surface area (Å²) >= 11 is 0.